The average Bonchev–Trinajstić information content (AvgIpc) is 2.45. The second-order valence-electron chi connectivity index (χ2n) is 3.24. The summed E-state index contributed by atoms with van der Waals surface area (Å²) in [5.74, 6) is 0.396. The molecule has 1 N–H and O–H groups in total. The normalized spacial score (nSPS) is 18.3. The van der Waals surface area contributed by atoms with Gasteiger partial charge in [-0.2, -0.15) is 0 Å². The van der Waals surface area contributed by atoms with Crippen LogP contribution < -0.4 is 0 Å². The number of hydrogen-bond acceptors (Lipinski definition) is 3. The van der Waals surface area contributed by atoms with Gasteiger partial charge in [0.2, 0.25) is 0 Å². The first-order valence-electron chi connectivity index (χ1n) is 4.38. The standard InChI is InChI=1S/C8H16N2O2S/c1-9-5-6-10(8-9)4-2-3-7-13(11)12/h5-6H,2-4,7-8H2,1H3,(H,11,12). The maximum absolute atomic E-state index is 10.3. The third kappa shape index (κ3) is 4.28. The molecular weight excluding hydrogens is 188 g/mol. The van der Waals surface area contributed by atoms with E-state index in [1.807, 2.05) is 13.2 Å². The molecule has 5 heteroatoms. The van der Waals surface area contributed by atoms with E-state index < -0.39 is 11.1 Å². The SMILES string of the molecule is CN1C=CN(CCCCS(=O)O)C1. The van der Waals surface area contributed by atoms with Gasteiger partial charge in [0.1, 0.15) is 0 Å². The number of unbranched alkanes of at least 4 members (excludes halogenated alkanes) is 1. The van der Waals surface area contributed by atoms with Gasteiger partial charge in [-0.3, -0.25) is 0 Å². The fraction of sp³-hybridized carbons (Fsp3) is 0.750. The summed E-state index contributed by atoms with van der Waals surface area (Å²) in [5.41, 5.74) is 0. The van der Waals surface area contributed by atoms with Crippen molar-refractivity contribution in [1.82, 2.24) is 9.80 Å². The Hall–Kier alpha value is -0.550. The first-order valence-corrected chi connectivity index (χ1v) is 5.66. The van der Waals surface area contributed by atoms with Gasteiger partial charge in [0, 0.05) is 31.7 Å². The Kier molecular flexibility index (Phi) is 4.24. The smallest absolute Gasteiger partial charge is 0.152 e. The van der Waals surface area contributed by atoms with Gasteiger partial charge in [0.05, 0.1) is 6.67 Å². The number of hydrogen-bond donors (Lipinski definition) is 1. The zero-order chi connectivity index (χ0) is 9.68. The van der Waals surface area contributed by atoms with Gasteiger partial charge < -0.3 is 14.4 Å². The monoisotopic (exact) mass is 204 g/mol. The first-order chi connectivity index (χ1) is 6.18. The van der Waals surface area contributed by atoms with E-state index in [1.54, 1.807) is 0 Å². The van der Waals surface area contributed by atoms with Crippen LogP contribution in [0.5, 0.6) is 0 Å². The average molecular weight is 204 g/mol. The molecule has 0 fully saturated rings. The Labute approximate surface area is 81.5 Å². The van der Waals surface area contributed by atoms with Crippen LogP contribution >= 0.6 is 0 Å². The Balaban J connectivity index is 2.01. The molecular formula is C8H16N2O2S. The molecule has 0 aliphatic carbocycles. The first kappa shape index (κ1) is 10.5. The molecule has 0 saturated carbocycles. The van der Waals surface area contributed by atoms with Crippen LogP contribution in [0.15, 0.2) is 12.4 Å². The van der Waals surface area contributed by atoms with Crippen LogP contribution in [0.4, 0.5) is 0 Å². The predicted octanol–water partition coefficient (Wildman–Crippen LogP) is 0.664. The number of rotatable bonds is 5. The minimum atomic E-state index is -1.62. The number of nitrogens with zero attached hydrogens (tertiary/aromatic N) is 2. The second kappa shape index (κ2) is 5.24. The highest BCUT2D eigenvalue weighted by atomic mass is 32.2. The topological polar surface area (TPSA) is 43.8 Å². The zero-order valence-electron chi connectivity index (χ0n) is 7.85. The highest BCUT2D eigenvalue weighted by molar-refractivity contribution is 7.79. The molecule has 0 bridgehead atoms. The molecule has 1 heterocycles. The second-order valence-corrected chi connectivity index (χ2v) is 4.29. The van der Waals surface area contributed by atoms with Crippen LogP contribution in [0.1, 0.15) is 12.8 Å². The molecule has 76 valence electrons. The summed E-state index contributed by atoms with van der Waals surface area (Å²) in [6, 6.07) is 0. The van der Waals surface area contributed by atoms with Crippen molar-refractivity contribution in [2.75, 3.05) is 26.0 Å². The van der Waals surface area contributed by atoms with Crippen molar-refractivity contribution in [3.63, 3.8) is 0 Å². The van der Waals surface area contributed by atoms with Crippen LogP contribution in [-0.4, -0.2) is 44.6 Å². The molecule has 4 nitrogen and oxygen atoms in total. The van der Waals surface area contributed by atoms with Gasteiger partial charge in [0.25, 0.3) is 0 Å². The molecule has 13 heavy (non-hydrogen) atoms. The lowest BCUT2D eigenvalue weighted by Crippen LogP contribution is -2.23. The Morgan fingerprint density at radius 1 is 1.46 bits per heavy atom. The summed E-state index contributed by atoms with van der Waals surface area (Å²) >= 11 is -1.62. The maximum atomic E-state index is 10.3. The van der Waals surface area contributed by atoms with Crippen molar-refractivity contribution in [1.29, 1.82) is 0 Å². The van der Waals surface area contributed by atoms with Crippen LogP contribution in [0.2, 0.25) is 0 Å². The van der Waals surface area contributed by atoms with E-state index in [0.29, 0.717) is 5.75 Å². The summed E-state index contributed by atoms with van der Waals surface area (Å²) in [7, 11) is 2.03. The molecule has 0 spiro atoms. The lowest BCUT2D eigenvalue weighted by molar-refractivity contribution is 0.293. The van der Waals surface area contributed by atoms with E-state index in [0.717, 1.165) is 26.1 Å². The molecule has 0 aromatic heterocycles. The summed E-state index contributed by atoms with van der Waals surface area (Å²) in [6.45, 7) is 1.90. The third-order valence-corrected chi connectivity index (χ3v) is 2.59. The van der Waals surface area contributed by atoms with Gasteiger partial charge in [0.15, 0.2) is 11.1 Å². The minimum Gasteiger partial charge on any atom is -0.362 e. The summed E-state index contributed by atoms with van der Waals surface area (Å²) in [6.07, 6.45) is 5.88. The highest BCUT2D eigenvalue weighted by Gasteiger charge is 2.07. The van der Waals surface area contributed by atoms with Gasteiger partial charge in [-0.25, -0.2) is 4.21 Å². The maximum Gasteiger partial charge on any atom is 0.152 e. The third-order valence-electron chi connectivity index (χ3n) is 1.95. The molecule has 0 amide bonds. The van der Waals surface area contributed by atoms with Crippen LogP contribution in [0.25, 0.3) is 0 Å². The van der Waals surface area contributed by atoms with Gasteiger partial charge in [-0.15, -0.1) is 0 Å². The van der Waals surface area contributed by atoms with E-state index in [9.17, 15) is 4.21 Å². The van der Waals surface area contributed by atoms with E-state index >= 15 is 0 Å². The minimum absolute atomic E-state index is 0.396. The molecule has 1 atom stereocenters. The Morgan fingerprint density at radius 2 is 2.23 bits per heavy atom. The lowest BCUT2D eigenvalue weighted by atomic mass is 10.3. The predicted molar refractivity (Wildman–Crippen MR) is 53.3 cm³/mol. The quantitative estimate of drug-likeness (QED) is 0.528. The van der Waals surface area contributed by atoms with E-state index in [4.69, 9.17) is 4.55 Å². The van der Waals surface area contributed by atoms with Crippen molar-refractivity contribution in [2.24, 2.45) is 0 Å². The fourth-order valence-corrected chi connectivity index (χ4v) is 1.73. The Bertz CT molecular complexity index is 208. The molecule has 1 aliphatic heterocycles. The summed E-state index contributed by atoms with van der Waals surface area (Å²) in [5, 5.41) is 0. The summed E-state index contributed by atoms with van der Waals surface area (Å²) in [4.78, 5) is 4.30. The zero-order valence-corrected chi connectivity index (χ0v) is 8.66. The molecule has 1 rings (SSSR count). The van der Waals surface area contributed by atoms with E-state index in [2.05, 4.69) is 16.0 Å². The molecule has 1 aliphatic rings. The van der Waals surface area contributed by atoms with Crippen molar-refractivity contribution in [3.8, 4) is 0 Å². The molecule has 0 radical (unpaired) electrons. The van der Waals surface area contributed by atoms with Crippen LogP contribution in [-0.2, 0) is 11.1 Å². The van der Waals surface area contributed by atoms with Crippen LogP contribution in [0.3, 0.4) is 0 Å². The molecule has 0 aromatic rings. The van der Waals surface area contributed by atoms with Crippen LogP contribution in [0, 0.1) is 0 Å². The molecule has 0 aromatic carbocycles. The summed E-state index contributed by atoms with van der Waals surface area (Å²) < 4.78 is 18.8. The van der Waals surface area contributed by atoms with Crippen molar-refractivity contribution in [2.45, 2.75) is 12.8 Å². The van der Waals surface area contributed by atoms with E-state index in [1.165, 1.54) is 0 Å². The lowest BCUT2D eigenvalue weighted by Gasteiger charge is -2.17. The Morgan fingerprint density at radius 3 is 2.77 bits per heavy atom. The van der Waals surface area contributed by atoms with Gasteiger partial charge in [-0.1, -0.05) is 0 Å². The van der Waals surface area contributed by atoms with Gasteiger partial charge >= 0.3 is 0 Å². The van der Waals surface area contributed by atoms with E-state index in [-0.39, 0.29) is 0 Å². The van der Waals surface area contributed by atoms with Crippen molar-refractivity contribution >= 4 is 11.1 Å². The van der Waals surface area contributed by atoms with Gasteiger partial charge in [-0.05, 0) is 12.8 Å². The largest absolute Gasteiger partial charge is 0.362 e. The molecule has 0 saturated heterocycles. The highest BCUT2D eigenvalue weighted by Crippen LogP contribution is 2.05. The fourth-order valence-electron chi connectivity index (χ4n) is 1.27. The van der Waals surface area contributed by atoms with Crippen molar-refractivity contribution < 1.29 is 8.76 Å². The molecule has 1 unspecified atom stereocenters. The van der Waals surface area contributed by atoms with Crippen molar-refractivity contribution in [3.05, 3.63) is 12.4 Å².